The van der Waals surface area contributed by atoms with Gasteiger partial charge in [-0.2, -0.15) is 0 Å². The number of hydrogen-bond donors (Lipinski definition) is 1. The molecule has 0 saturated carbocycles. The summed E-state index contributed by atoms with van der Waals surface area (Å²) in [5.41, 5.74) is 2.04. The first-order valence-electron chi connectivity index (χ1n) is 6.39. The number of hydrogen-bond acceptors (Lipinski definition) is 5. The van der Waals surface area contributed by atoms with Gasteiger partial charge in [0.25, 0.3) is 0 Å². The Balaban J connectivity index is 0.00000133. The van der Waals surface area contributed by atoms with Gasteiger partial charge in [0, 0.05) is 18.9 Å². The topological polar surface area (TPSA) is 56.3 Å². The van der Waals surface area contributed by atoms with Crippen molar-refractivity contribution >= 4 is 18.0 Å². The maximum atomic E-state index is 5.94. The molecule has 3 heterocycles. The van der Waals surface area contributed by atoms with Gasteiger partial charge in [0.2, 0.25) is 5.88 Å². The quantitative estimate of drug-likeness (QED) is 0.910. The molecule has 3 rings (SSSR count). The molecule has 0 aliphatic carbocycles. The SMILES string of the molecule is C1=C(c2nccnc2OC2CCNC2)CCOC1.Cl. The third-order valence-corrected chi connectivity index (χ3v) is 3.23. The highest BCUT2D eigenvalue weighted by Gasteiger charge is 2.20. The van der Waals surface area contributed by atoms with Crippen molar-refractivity contribution in [2.24, 2.45) is 0 Å². The Kier molecular flexibility index (Phi) is 5.13. The highest BCUT2D eigenvalue weighted by molar-refractivity contribution is 5.85. The molecular weight excluding hydrogens is 266 g/mol. The summed E-state index contributed by atoms with van der Waals surface area (Å²) in [5, 5.41) is 3.28. The Morgan fingerprint density at radius 3 is 2.95 bits per heavy atom. The first-order valence-corrected chi connectivity index (χ1v) is 6.39. The van der Waals surface area contributed by atoms with Gasteiger partial charge in [0.1, 0.15) is 11.8 Å². The van der Waals surface area contributed by atoms with Gasteiger partial charge >= 0.3 is 0 Å². The molecule has 1 N–H and O–H groups in total. The normalized spacial score (nSPS) is 22.5. The second kappa shape index (κ2) is 6.84. The van der Waals surface area contributed by atoms with Crippen LogP contribution in [0.2, 0.25) is 0 Å². The first kappa shape index (κ1) is 14.2. The molecule has 1 fully saturated rings. The molecule has 6 heteroatoms. The van der Waals surface area contributed by atoms with E-state index < -0.39 is 0 Å². The van der Waals surface area contributed by atoms with Crippen molar-refractivity contribution in [1.82, 2.24) is 15.3 Å². The Labute approximate surface area is 118 Å². The smallest absolute Gasteiger partial charge is 0.240 e. The molecule has 19 heavy (non-hydrogen) atoms. The number of nitrogens with one attached hydrogen (secondary N) is 1. The third-order valence-electron chi connectivity index (χ3n) is 3.23. The zero-order valence-electron chi connectivity index (χ0n) is 10.7. The molecular formula is C13H18ClN3O2. The van der Waals surface area contributed by atoms with Crippen LogP contribution in [0.1, 0.15) is 18.5 Å². The van der Waals surface area contributed by atoms with Crippen molar-refractivity contribution in [3.8, 4) is 5.88 Å². The zero-order valence-corrected chi connectivity index (χ0v) is 11.5. The lowest BCUT2D eigenvalue weighted by Crippen LogP contribution is -2.21. The average molecular weight is 284 g/mol. The van der Waals surface area contributed by atoms with E-state index in [1.165, 1.54) is 5.57 Å². The highest BCUT2D eigenvalue weighted by atomic mass is 35.5. The molecule has 1 unspecified atom stereocenters. The minimum absolute atomic E-state index is 0. The molecule has 5 nitrogen and oxygen atoms in total. The zero-order chi connectivity index (χ0) is 12.2. The minimum Gasteiger partial charge on any atom is -0.471 e. The second-order valence-electron chi connectivity index (χ2n) is 4.50. The average Bonchev–Trinajstić information content (AvgIpc) is 2.93. The molecule has 1 saturated heterocycles. The number of nitrogens with zero attached hydrogens (tertiary/aromatic N) is 2. The lowest BCUT2D eigenvalue weighted by atomic mass is 10.1. The fourth-order valence-electron chi connectivity index (χ4n) is 2.26. The van der Waals surface area contributed by atoms with Crippen LogP contribution in [0.3, 0.4) is 0 Å². The molecule has 1 aromatic heterocycles. The Morgan fingerprint density at radius 2 is 2.21 bits per heavy atom. The van der Waals surface area contributed by atoms with Crippen LogP contribution in [0.4, 0.5) is 0 Å². The Hall–Kier alpha value is -1.17. The maximum absolute atomic E-state index is 5.94. The molecule has 2 aliphatic rings. The number of halogens is 1. The minimum atomic E-state index is 0. The number of ether oxygens (including phenoxy) is 2. The summed E-state index contributed by atoms with van der Waals surface area (Å²) in [6, 6.07) is 0. The molecule has 0 spiro atoms. The van der Waals surface area contributed by atoms with Crippen LogP contribution in [-0.4, -0.2) is 42.4 Å². The van der Waals surface area contributed by atoms with E-state index in [0.717, 1.165) is 38.2 Å². The first-order chi connectivity index (χ1) is 8.93. The standard InChI is InChI=1S/C13H17N3O2.ClH/c1-4-14-9-11(1)18-13-12(15-5-6-16-13)10-2-7-17-8-3-10;/h2,5-6,11,14H,1,3-4,7-9H2;1H. The maximum Gasteiger partial charge on any atom is 0.240 e. The summed E-state index contributed by atoms with van der Waals surface area (Å²) < 4.78 is 11.3. The van der Waals surface area contributed by atoms with Crippen LogP contribution < -0.4 is 10.1 Å². The van der Waals surface area contributed by atoms with Crippen molar-refractivity contribution in [3.63, 3.8) is 0 Å². The van der Waals surface area contributed by atoms with Gasteiger partial charge in [-0.15, -0.1) is 12.4 Å². The lowest BCUT2D eigenvalue weighted by Gasteiger charge is -2.17. The number of rotatable bonds is 3. The van der Waals surface area contributed by atoms with Crippen LogP contribution in [-0.2, 0) is 4.74 Å². The fourth-order valence-corrected chi connectivity index (χ4v) is 2.26. The van der Waals surface area contributed by atoms with Crippen molar-refractivity contribution in [2.45, 2.75) is 18.9 Å². The van der Waals surface area contributed by atoms with Gasteiger partial charge in [-0.25, -0.2) is 9.97 Å². The molecule has 0 bridgehead atoms. The monoisotopic (exact) mass is 283 g/mol. The van der Waals surface area contributed by atoms with E-state index >= 15 is 0 Å². The van der Waals surface area contributed by atoms with Gasteiger partial charge in [-0.3, -0.25) is 0 Å². The lowest BCUT2D eigenvalue weighted by molar-refractivity contribution is 0.161. The van der Waals surface area contributed by atoms with E-state index in [9.17, 15) is 0 Å². The molecule has 1 aromatic rings. The molecule has 2 aliphatic heterocycles. The molecule has 0 aromatic carbocycles. The Morgan fingerprint density at radius 1 is 1.32 bits per heavy atom. The van der Waals surface area contributed by atoms with Crippen LogP contribution >= 0.6 is 12.4 Å². The largest absolute Gasteiger partial charge is 0.471 e. The van der Waals surface area contributed by atoms with Gasteiger partial charge in [0.05, 0.1) is 13.2 Å². The van der Waals surface area contributed by atoms with Gasteiger partial charge < -0.3 is 14.8 Å². The van der Waals surface area contributed by atoms with Crippen molar-refractivity contribution in [1.29, 1.82) is 0 Å². The predicted molar refractivity (Wildman–Crippen MR) is 74.6 cm³/mol. The van der Waals surface area contributed by atoms with Crippen LogP contribution in [0, 0.1) is 0 Å². The highest BCUT2D eigenvalue weighted by Crippen LogP contribution is 2.27. The molecule has 1 atom stereocenters. The fraction of sp³-hybridized carbons (Fsp3) is 0.538. The summed E-state index contributed by atoms with van der Waals surface area (Å²) in [7, 11) is 0. The predicted octanol–water partition coefficient (Wildman–Crippen LogP) is 1.44. The summed E-state index contributed by atoms with van der Waals surface area (Å²) >= 11 is 0. The van der Waals surface area contributed by atoms with E-state index in [2.05, 4.69) is 21.4 Å². The summed E-state index contributed by atoms with van der Waals surface area (Å²) in [4.78, 5) is 8.74. The van der Waals surface area contributed by atoms with E-state index in [-0.39, 0.29) is 18.5 Å². The Bertz CT molecular complexity index is 447. The summed E-state index contributed by atoms with van der Waals surface area (Å²) in [5.74, 6) is 0.652. The van der Waals surface area contributed by atoms with Crippen LogP contribution in [0.5, 0.6) is 5.88 Å². The van der Waals surface area contributed by atoms with Gasteiger partial charge in [-0.05, 0) is 25.0 Å². The van der Waals surface area contributed by atoms with Crippen LogP contribution in [0.15, 0.2) is 18.5 Å². The van der Waals surface area contributed by atoms with E-state index in [1.54, 1.807) is 12.4 Å². The molecule has 104 valence electrons. The summed E-state index contributed by atoms with van der Waals surface area (Å²) in [6.07, 6.45) is 7.57. The third kappa shape index (κ3) is 3.43. The van der Waals surface area contributed by atoms with Gasteiger partial charge in [0.15, 0.2) is 0 Å². The van der Waals surface area contributed by atoms with Crippen molar-refractivity contribution < 1.29 is 9.47 Å². The van der Waals surface area contributed by atoms with Crippen LogP contribution in [0.25, 0.3) is 5.57 Å². The molecule has 0 amide bonds. The summed E-state index contributed by atoms with van der Waals surface area (Å²) in [6.45, 7) is 3.29. The molecule has 0 radical (unpaired) electrons. The number of aromatic nitrogens is 2. The van der Waals surface area contributed by atoms with E-state index in [1.807, 2.05) is 0 Å². The van der Waals surface area contributed by atoms with Gasteiger partial charge in [-0.1, -0.05) is 6.08 Å². The second-order valence-corrected chi connectivity index (χ2v) is 4.50. The van der Waals surface area contributed by atoms with E-state index in [0.29, 0.717) is 12.5 Å². The van der Waals surface area contributed by atoms with Crippen molar-refractivity contribution in [2.75, 3.05) is 26.3 Å². The van der Waals surface area contributed by atoms with E-state index in [4.69, 9.17) is 9.47 Å². The van der Waals surface area contributed by atoms with Crippen molar-refractivity contribution in [3.05, 3.63) is 24.2 Å².